The highest BCUT2D eigenvalue weighted by molar-refractivity contribution is 6.30. The highest BCUT2D eigenvalue weighted by Crippen LogP contribution is 2.46. The van der Waals surface area contributed by atoms with E-state index in [1.165, 1.54) is 61.3 Å². The van der Waals surface area contributed by atoms with Gasteiger partial charge >= 0.3 is 0 Å². The number of anilines is 2. The van der Waals surface area contributed by atoms with Crippen LogP contribution in [0.2, 0.25) is 10.0 Å². The second-order valence-corrected chi connectivity index (χ2v) is 20.6. The van der Waals surface area contributed by atoms with Gasteiger partial charge in [-0.15, -0.1) is 0 Å². The lowest BCUT2D eigenvalue weighted by Gasteiger charge is -2.39. The Morgan fingerprint density at radius 3 is 1.37 bits per heavy atom. The van der Waals surface area contributed by atoms with E-state index in [9.17, 15) is 8.78 Å². The van der Waals surface area contributed by atoms with Crippen LogP contribution in [0.15, 0.2) is 60.9 Å². The Labute approximate surface area is 404 Å². The molecule has 356 valence electrons. The quantitative estimate of drug-likeness (QED) is 0.144. The summed E-state index contributed by atoms with van der Waals surface area (Å²) < 4.78 is 44.2. The van der Waals surface area contributed by atoms with Gasteiger partial charge in [0.2, 0.25) is 0 Å². The van der Waals surface area contributed by atoms with Crippen LogP contribution in [0.1, 0.15) is 96.5 Å². The van der Waals surface area contributed by atoms with Crippen LogP contribution in [-0.2, 0) is 35.4 Å². The predicted molar refractivity (Wildman–Crippen MR) is 252 cm³/mol. The number of fused-ring (bicyclic) bond motifs is 6. The number of ether oxygens (including phenoxy) is 2. The highest BCUT2D eigenvalue weighted by Gasteiger charge is 2.44. The minimum Gasteiger partial charge on any atom is -0.370 e. The van der Waals surface area contributed by atoms with Crippen molar-refractivity contribution in [2.24, 2.45) is 35.5 Å². The van der Waals surface area contributed by atoms with Crippen molar-refractivity contribution in [3.05, 3.63) is 128 Å². The topological polar surface area (TPSA) is 138 Å². The summed E-state index contributed by atoms with van der Waals surface area (Å²) in [4.78, 5) is 14.8. The molecule has 8 heterocycles. The molecule has 8 atom stereocenters. The standard InChI is InChI=1S/2C25H28ClFN6O/c2*1-15-7-21(12-28-30-15)32-13-16-3-4-17(14-32)22(16)11-23-29-25-24(34-6-2-5-33(25)31-23)18-8-19(26)10-20(27)9-18/h2*7-10,12,16-17,22,24H,2-6,11,13-14H2,1H3/t2*16-,17+,22?,24-/m10/s1. The van der Waals surface area contributed by atoms with Gasteiger partial charge in [0.25, 0.3) is 0 Å². The Morgan fingerprint density at radius 2 is 0.985 bits per heavy atom. The molecule has 0 N–H and O–H groups in total. The Kier molecular flexibility index (Phi) is 12.9. The lowest BCUT2D eigenvalue weighted by molar-refractivity contribution is 0.0808. The maximum atomic E-state index is 14.0. The van der Waals surface area contributed by atoms with Gasteiger partial charge in [-0.2, -0.15) is 30.6 Å². The van der Waals surface area contributed by atoms with Crippen molar-refractivity contribution >= 4 is 34.6 Å². The van der Waals surface area contributed by atoms with Gasteiger partial charge in [0.15, 0.2) is 23.3 Å². The van der Waals surface area contributed by atoms with E-state index in [4.69, 9.17) is 52.8 Å². The van der Waals surface area contributed by atoms with Gasteiger partial charge in [-0.05, 0) is 148 Å². The second-order valence-electron chi connectivity index (χ2n) is 19.7. The van der Waals surface area contributed by atoms with Gasteiger partial charge in [-0.3, -0.25) is 0 Å². The first-order valence-corrected chi connectivity index (χ1v) is 24.9. The van der Waals surface area contributed by atoms with Crippen LogP contribution >= 0.6 is 23.2 Å². The summed E-state index contributed by atoms with van der Waals surface area (Å²) in [6.07, 6.45) is 11.2. The number of hydrogen-bond donors (Lipinski definition) is 0. The number of rotatable bonds is 8. The second kappa shape index (κ2) is 19.3. The predicted octanol–water partition coefficient (Wildman–Crippen LogP) is 8.77. The Balaban J connectivity index is 0.000000149. The molecular formula is C50H56Cl2F2N12O2. The van der Waals surface area contributed by atoms with Crippen molar-refractivity contribution < 1.29 is 18.3 Å². The third kappa shape index (κ3) is 9.58. The van der Waals surface area contributed by atoms with Crippen LogP contribution < -0.4 is 9.80 Å². The Hall–Kier alpha value is -5.16. The Morgan fingerprint density at radius 1 is 0.574 bits per heavy atom. The molecule has 4 bridgehead atoms. The van der Waals surface area contributed by atoms with Crippen LogP contribution in [-0.4, -0.2) is 89.3 Å². The van der Waals surface area contributed by atoms with E-state index < -0.39 is 12.2 Å². The first-order chi connectivity index (χ1) is 33.1. The van der Waals surface area contributed by atoms with Gasteiger partial charge in [0.1, 0.15) is 23.8 Å². The molecule has 2 aliphatic carbocycles. The van der Waals surface area contributed by atoms with E-state index in [0.29, 0.717) is 69.9 Å². The van der Waals surface area contributed by atoms with Crippen LogP contribution in [0.25, 0.3) is 0 Å². The molecule has 0 amide bonds. The maximum Gasteiger partial charge on any atom is 0.161 e. The van der Waals surface area contributed by atoms with Crippen molar-refractivity contribution in [3.8, 4) is 0 Å². The van der Waals surface area contributed by atoms with Crippen molar-refractivity contribution in [1.29, 1.82) is 0 Å². The average molecular weight is 966 g/mol. The Bertz CT molecular complexity index is 2520. The van der Waals surface area contributed by atoms with E-state index in [2.05, 4.69) is 42.3 Å². The minimum absolute atomic E-state index is 0.358. The van der Waals surface area contributed by atoms with Crippen molar-refractivity contribution in [1.82, 2.24) is 49.9 Å². The van der Waals surface area contributed by atoms with Gasteiger partial charge in [-0.1, -0.05) is 23.2 Å². The number of nitrogens with zero attached hydrogens (tertiary/aromatic N) is 12. The summed E-state index contributed by atoms with van der Waals surface area (Å²) in [7, 11) is 0. The van der Waals surface area contributed by atoms with E-state index in [1.807, 2.05) is 35.6 Å². The third-order valence-electron chi connectivity index (χ3n) is 15.1. The largest absolute Gasteiger partial charge is 0.370 e. The summed E-state index contributed by atoms with van der Waals surface area (Å²) in [6, 6.07) is 13.3. The van der Waals surface area contributed by atoms with E-state index in [-0.39, 0.29) is 11.6 Å². The molecule has 0 spiro atoms. The molecule has 2 saturated carbocycles. The fraction of sp³-hybridized carbons (Fsp3) is 0.520. The average Bonchev–Trinajstić information content (AvgIpc) is 3.91. The summed E-state index contributed by atoms with van der Waals surface area (Å²) in [5.41, 5.74) is 5.61. The molecular weight excluding hydrogens is 910 g/mol. The molecule has 4 fully saturated rings. The zero-order chi connectivity index (χ0) is 46.5. The molecule has 2 aromatic carbocycles. The highest BCUT2D eigenvalue weighted by atomic mass is 35.5. The van der Waals surface area contributed by atoms with Gasteiger partial charge in [0, 0.05) is 75.4 Å². The molecule has 14 nitrogen and oxygen atoms in total. The van der Waals surface area contributed by atoms with E-state index in [0.717, 1.165) is 99.6 Å². The SMILES string of the molecule is Cc1cc(N2C[C@H]3CC[C@@H](C2)C3Cc2nc3n(n2)CCCO[C@@H]3c2cc(F)cc(Cl)c2)cnn1.Cc1cc(N2C[C@H]3CC[C@@H](C2)C3Cc2nc3n(n2)CCCO[C@H]3c2cc(F)cc(Cl)c2)cnn1. The monoisotopic (exact) mass is 964 g/mol. The van der Waals surface area contributed by atoms with Crippen LogP contribution in [0.5, 0.6) is 0 Å². The van der Waals surface area contributed by atoms with Gasteiger partial charge in [0.05, 0.1) is 35.2 Å². The van der Waals surface area contributed by atoms with E-state index >= 15 is 0 Å². The zero-order valence-corrected chi connectivity index (χ0v) is 39.9. The molecule has 2 saturated heterocycles. The number of hydrogen-bond acceptors (Lipinski definition) is 12. The van der Waals surface area contributed by atoms with Gasteiger partial charge in [-0.25, -0.2) is 28.1 Å². The molecule has 2 unspecified atom stereocenters. The first-order valence-electron chi connectivity index (χ1n) is 24.2. The van der Waals surface area contributed by atoms with Crippen molar-refractivity contribution in [2.45, 2.75) is 90.5 Å². The molecule has 18 heteroatoms. The third-order valence-corrected chi connectivity index (χ3v) is 15.5. The number of aromatic nitrogens is 10. The summed E-state index contributed by atoms with van der Waals surface area (Å²) in [6.45, 7) is 10.8. The van der Waals surface area contributed by atoms with Crippen LogP contribution in [0.4, 0.5) is 20.2 Å². The molecule has 4 aromatic heterocycles. The number of benzene rings is 2. The molecule has 0 radical (unpaired) electrons. The van der Waals surface area contributed by atoms with Crippen molar-refractivity contribution in [3.63, 3.8) is 0 Å². The molecule has 4 aliphatic heterocycles. The first kappa shape index (κ1) is 45.3. The molecule has 12 rings (SSSR count). The van der Waals surface area contributed by atoms with Crippen LogP contribution in [0, 0.1) is 61.0 Å². The lowest BCUT2D eigenvalue weighted by atomic mass is 9.82. The molecule has 68 heavy (non-hydrogen) atoms. The number of aryl methyl sites for hydroxylation is 4. The lowest BCUT2D eigenvalue weighted by Crippen LogP contribution is -2.43. The van der Waals surface area contributed by atoms with Crippen molar-refractivity contribution in [2.75, 3.05) is 49.2 Å². The van der Waals surface area contributed by atoms with Crippen LogP contribution in [0.3, 0.4) is 0 Å². The minimum atomic E-state index is -0.460. The summed E-state index contributed by atoms with van der Waals surface area (Å²) in [5.74, 6) is 6.09. The van der Waals surface area contributed by atoms with E-state index in [1.54, 1.807) is 12.1 Å². The molecule has 6 aromatic rings. The maximum absolute atomic E-state index is 14.0. The smallest absolute Gasteiger partial charge is 0.161 e. The zero-order valence-electron chi connectivity index (χ0n) is 38.4. The normalized spacial score (nSPS) is 26.4. The fourth-order valence-electron chi connectivity index (χ4n) is 12.1. The summed E-state index contributed by atoms with van der Waals surface area (Å²) >= 11 is 12.3. The summed E-state index contributed by atoms with van der Waals surface area (Å²) in [5, 5.41) is 27.0. The number of halogens is 4. The molecule has 6 aliphatic rings. The fourth-order valence-corrected chi connectivity index (χ4v) is 12.5. The van der Waals surface area contributed by atoms with Gasteiger partial charge < -0.3 is 19.3 Å². The number of piperidine rings is 2.